The number of rotatable bonds is 6. The first-order valence-corrected chi connectivity index (χ1v) is 7.08. The predicted molar refractivity (Wildman–Crippen MR) is 83.7 cm³/mol. The highest BCUT2D eigenvalue weighted by Gasteiger charge is 2.11. The Balaban J connectivity index is 2.47. The van der Waals surface area contributed by atoms with Crippen molar-refractivity contribution in [3.8, 4) is 5.75 Å². The smallest absolute Gasteiger partial charge is 0.260 e. The van der Waals surface area contributed by atoms with E-state index in [9.17, 15) is 4.79 Å². The Kier molecular flexibility index (Phi) is 6.54. The highest BCUT2D eigenvalue weighted by atomic mass is 79.9. The Morgan fingerprint density at radius 1 is 1.58 bits per heavy atom. The second-order valence-corrected chi connectivity index (χ2v) is 5.74. The average Bonchev–Trinajstić information content (AvgIpc) is 2.34. The minimum atomic E-state index is -0.157. The number of carbonyl (C=O) groups excluding carboxylic acids is 1. The number of hydrogen-bond acceptors (Lipinski definition) is 3. The number of halogens is 2. The van der Waals surface area contributed by atoms with Crippen LogP contribution >= 0.6 is 39.7 Å². The lowest BCUT2D eigenvalue weighted by atomic mass is 10.3. The number of benzene rings is 1. The largest absolute Gasteiger partial charge is 0.482 e. The molecule has 0 aliphatic heterocycles. The molecule has 0 heterocycles. The second kappa shape index (κ2) is 7.67. The Bertz CT molecular complexity index is 485. The standard InChI is InChI=1S/C12H14BrClN2O2S/c1-16(5-4-11(15)19)12(17)7-18-10-3-2-8(13)6-9(10)14/h2-3,6H,4-5,7H2,1H3,(H2,15,19). The molecule has 0 aliphatic rings. The number of nitrogens with zero attached hydrogens (tertiary/aromatic N) is 1. The number of carbonyl (C=O) groups is 1. The number of nitrogens with two attached hydrogens (primary N) is 1. The first kappa shape index (κ1) is 16.2. The van der Waals surface area contributed by atoms with Gasteiger partial charge < -0.3 is 15.4 Å². The van der Waals surface area contributed by atoms with Crippen LogP contribution in [0.2, 0.25) is 5.02 Å². The summed E-state index contributed by atoms with van der Waals surface area (Å²) in [6.07, 6.45) is 0.497. The van der Waals surface area contributed by atoms with Crippen LogP contribution in [0.15, 0.2) is 22.7 Å². The van der Waals surface area contributed by atoms with Gasteiger partial charge >= 0.3 is 0 Å². The average molecular weight is 366 g/mol. The van der Waals surface area contributed by atoms with Crippen molar-refractivity contribution in [2.75, 3.05) is 20.2 Å². The molecule has 2 N–H and O–H groups in total. The van der Waals surface area contributed by atoms with E-state index in [4.69, 9.17) is 34.3 Å². The van der Waals surface area contributed by atoms with Crippen LogP contribution in [0.3, 0.4) is 0 Å². The molecule has 1 amide bonds. The molecule has 0 saturated carbocycles. The maximum atomic E-state index is 11.8. The van der Waals surface area contributed by atoms with E-state index in [1.54, 1.807) is 25.2 Å². The van der Waals surface area contributed by atoms with Gasteiger partial charge in [-0.2, -0.15) is 0 Å². The van der Waals surface area contributed by atoms with Crippen LogP contribution in [0.4, 0.5) is 0 Å². The van der Waals surface area contributed by atoms with Crippen LogP contribution in [-0.4, -0.2) is 36.0 Å². The third-order valence-corrected chi connectivity index (χ3v) is 3.36. The van der Waals surface area contributed by atoms with E-state index in [1.165, 1.54) is 4.90 Å². The predicted octanol–water partition coefficient (Wildman–Crippen LogP) is 2.62. The monoisotopic (exact) mass is 364 g/mol. The summed E-state index contributed by atoms with van der Waals surface area (Å²) >= 11 is 14.0. The molecule has 1 rings (SSSR count). The number of thiocarbonyl (C=S) groups is 1. The fourth-order valence-corrected chi connectivity index (χ4v) is 2.06. The van der Waals surface area contributed by atoms with Crippen LogP contribution in [0, 0.1) is 0 Å². The van der Waals surface area contributed by atoms with Crippen LogP contribution in [0.1, 0.15) is 6.42 Å². The van der Waals surface area contributed by atoms with Gasteiger partial charge in [-0.25, -0.2) is 0 Å². The van der Waals surface area contributed by atoms with E-state index in [0.29, 0.717) is 28.7 Å². The Morgan fingerprint density at radius 3 is 2.84 bits per heavy atom. The van der Waals surface area contributed by atoms with Gasteiger partial charge in [0, 0.05) is 24.5 Å². The molecule has 0 saturated heterocycles. The van der Waals surface area contributed by atoms with Crippen molar-refractivity contribution in [3.63, 3.8) is 0 Å². The number of likely N-dealkylation sites (N-methyl/N-ethyl adjacent to an activating group) is 1. The van der Waals surface area contributed by atoms with Crippen molar-refractivity contribution in [2.24, 2.45) is 5.73 Å². The van der Waals surface area contributed by atoms with Crippen molar-refractivity contribution >= 4 is 50.6 Å². The maximum absolute atomic E-state index is 11.8. The molecular formula is C12H14BrClN2O2S. The fraction of sp³-hybridized carbons (Fsp3) is 0.333. The summed E-state index contributed by atoms with van der Waals surface area (Å²) in [4.78, 5) is 13.7. The van der Waals surface area contributed by atoms with Gasteiger partial charge in [0.1, 0.15) is 5.75 Å². The van der Waals surface area contributed by atoms with Crippen LogP contribution in [0.25, 0.3) is 0 Å². The molecule has 0 radical (unpaired) electrons. The van der Waals surface area contributed by atoms with Gasteiger partial charge in [0.2, 0.25) is 0 Å². The number of amides is 1. The van der Waals surface area contributed by atoms with Gasteiger partial charge in [0.25, 0.3) is 5.91 Å². The fourth-order valence-electron chi connectivity index (χ4n) is 1.24. The molecule has 104 valence electrons. The summed E-state index contributed by atoms with van der Waals surface area (Å²) in [5, 5.41) is 0.452. The molecule has 0 unspecified atom stereocenters. The highest BCUT2D eigenvalue weighted by Crippen LogP contribution is 2.27. The molecule has 0 fully saturated rings. The molecule has 1 aromatic rings. The summed E-state index contributed by atoms with van der Waals surface area (Å²) in [6.45, 7) is 0.404. The molecule has 0 atom stereocenters. The van der Waals surface area contributed by atoms with E-state index in [-0.39, 0.29) is 12.5 Å². The maximum Gasteiger partial charge on any atom is 0.260 e. The van der Waals surface area contributed by atoms with E-state index >= 15 is 0 Å². The lowest BCUT2D eigenvalue weighted by Crippen LogP contribution is -2.33. The first-order valence-electron chi connectivity index (χ1n) is 5.50. The lowest BCUT2D eigenvalue weighted by molar-refractivity contribution is -0.131. The zero-order valence-corrected chi connectivity index (χ0v) is 13.5. The van der Waals surface area contributed by atoms with Gasteiger partial charge in [0.05, 0.1) is 10.0 Å². The topological polar surface area (TPSA) is 55.6 Å². The summed E-state index contributed by atoms with van der Waals surface area (Å²) in [5.74, 6) is 0.316. The minimum absolute atomic E-state index is 0.0742. The molecule has 0 spiro atoms. The van der Waals surface area contributed by atoms with Gasteiger partial charge in [-0.15, -0.1) is 0 Å². The zero-order valence-electron chi connectivity index (χ0n) is 10.4. The molecular weight excluding hydrogens is 352 g/mol. The third-order valence-electron chi connectivity index (χ3n) is 2.36. The summed E-state index contributed by atoms with van der Waals surface area (Å²) < 4.78 is 6.23. The molecule has 4 nitrogen and oxygen atoms in total. The van der Waals surface area contributed by atoms with E-state index in [0.717, 1.165) is 4.47 Å². The van der Waals surface area contributed by atoms with E-state index in [1.807, 2.05) is 0 Å². The summed E-state index contributed by atoms with van der Waals surface area (Å²) in [5.41, 5.74) is 5.38. The van der Waals surface area contributed by atoms with Crippen molar-refractivity contribution in [1.82, 2.24) is 4.90 Å². The van der Waals surface area contributed by atoms with Crippen LogP contribution < -0.4 is 10.5 Å². The molecule has 19 heavy (non-hydrogen) atoms. The zero-order chi connectivity index (χ0) is 14.4. The second-order valence-electron chi connectivity index (χ2n) is 3.90. The van der Waals surface area contributed by atoms with Gasteiger partial charge in [-0.05, 0) is 18.2 Å². The number of ether oxygens (including phenoxy) is 1. The normalized spacial score (nSPS) is 10.1. The van der Waals surface area contributed by atoms with Crippen LogP contribution in [0.5, 0.6) is 5.75 Å². The quantitative estimate of drug-likeness (QED) is 0.787. The SMILES string of the molecule is CN(CCC(N)=S)C(=O)COc1ccc(Br)cc1Cl. The van der Waals surface area contributed by atoms with E-state index < -0.39 is 0 Å². The molecule has 7 heteroatoms. The Morgan fingerprint density at radius 2 is 2.26 bits per heavy atom. The molecule has 1 aromatic carbocycles. The minimum Gasteiger partial charge on any atom is -0.482 e. The van der Waals surface area contributed by atoms with Gasteiger partial charge in [0.15, 0.2) is 6.61 Å². The Labute approximate surface area is 131 Å². The highest BCUT2D eigenvalue weighted by molar-refractivity contribution is 9.10. The lowest BCUT2D eigenvalue weighted by Gasteiger charge is -2.17. The van der Waals surface area contributed by atoms with E-state index in [2.05, 4.69) is 15.9 Å². The molecule has 0 bridgehead atoms. The molecule has 0 aliphatic carbocycles. The van der Waals surface area contributed by atoms with Crippen molar-refractivity contribution in [2.45, 2.75) is 6.42 Å². The Hall–Kier alpha value is -0.850. The van der Waals surface area contributed by atoms with Crippen molar-refractivity contribution < 1.29 is 9.53 Å². The van der Waals surface area contributed by atoms with Crippen molar-refractivity contribution in [1.29, 1.82) is 0 Å². The third kappa shape index (κ3) is 5.76. The summed E-state index contributed by atoms with van der Waals surface area (Å²) in [6, 6.07) is 5.20. The van der Waals surface area contributed by atoms with Crippen molar-refractivity contribution in [3.05, 3.63) is 27.7 Å². The van der Waals surface area contributed by atoms with Crippen LogP contribution in [-0.2, 0) is 4.79 Å². The van der Waals surface area contributed by atoms with Gasteiger partial charge in [-0.1, -0.05) is 39.7 Å². The first-order chi connectivity index (χ1) is 8.90. The van der Waals surface area contributed by atoms with Gasteiger partial charge in [-0.3, -0.25) is 4.79 Å². The number of hydrogen-bond donors (Lipinski definition) is 1. The summed E-state index contributed by atoms with van der Waals surface area (Å²) in [7, 11) is 1.67. The molecule has 0 aromatic heterocycles.